The minimum Gasteiger partial charge on any atom is -0.350 e. The van der Waals surface area contributed by atoms with Crippen LogP contribution in [0.4, 0.5) is 0 Å². The smallest absolute Gasteiger partial charge is 0.254 e. The zero-order chi connectivity index (χ0) is 15.4. The maximum atomic E-state index is 12.4. The van der Waals surface area contributed by atoms with E-state index in [1.54, 1.807) is 17.1 Å². The minimum absolute atomic E-state index is 0. The Labute approximate surface area is 154 Å². The third-order valence-corrected chi connectivity index (χ3v) is 3.99. The van der Waals surface area contributed by atoms with Crippen LogP contribution >= 0.6 is 24.8 Å². The first-order chi connectivity index (χ1) is 10.8. The first-order valence-electron chi connectivity index (χ1n) is 7.79. The summed E-state index contributed by atoms with van der Waals surface area (Å²) in [5, 5.41) is 10.7. The lowest BCUT2D eigenvalue weighted by molar-refractivity contribution is 0.0949. The molecule has 1 aliphatic rings. The molecule has 2 N–H and O–H groups in total. The molecule has 1 amide bonds. The lowest BCUT2D eigenvalue weighted by Crippen LogP contribution is -2.37. The fraction of sp³-hybridized carbons (Fsp3) is 0.438. The van der Waals surface area contributed by atoms with Crippen LogP contribution in [0.25, 0.3) is 5.82 Å². The Balaban J connectivity index is 0.00000144. The van der Waals surface area contributed by atoms with E-state index in [0.717, 1.165) is 30.9 Å². The second-order valence-corrected chi connectivity index (χ2v) is 5.46. The number of nitrogens with one attached hydrogen (secondary N) is 2. The highest BCUT2D eigenvalue weighted by molar-refractivity contribution is 5.95. The quantitative estimate of drug-likeness (QED) is 0.844. The van der Waals surface area contributed by atoms with Gasteiger partial charge < -0.3 is 10.6 Å². The molecular weight excluding hydrogens is 349 g/mol. The lowest BCUT2D eigenvalue weighted by atomic mass is 10.1. The molecule has 0 saturated carbocycles. The molecule has 1 saturated heterocycles. The van der Waals surface area contributed by atoms with E-state index in [1.165, 1.54) is 6.42 Å². The van der Waals surface area contributed by atoms with Gasteiger partial charge in [0.2, 0.25) is 0 Å². The summed E-state index contributed by atoms with van der Waals surface area (Å²) in [4.78, 5) is 16.7. The third-order valence-electron chi connectivity index (χ3n) is 3.99. The van der Waals surface area contributed by atoms with Crippen molar-refractivity contribution in [1.82, 2.24) is 25.4 Å². The van der Waals surface area contributed by atoms with Gasteiger partial charge in [-0.05, 0) is 37.9 Å². The summed E-state index contributed by atoms with van der Waals surface area (Å²) in [6.07, 6.45) is 6.38. The molecule has 0 spiro atoms. The van der Waals surface area contributed by atoms with E-state index < -0.39 is 0 Å². The molecule has 132 valence electrons. The van der Waals surface area contributed by atoms with Crippen molar-refractivity contribution in [2.75, 3.05) is 13.1 Å². The van der Waals surface area contributed by atoms with Crippen molar-refractivity contribution in [3.8, 4) is 5.82 Å². The average molecular weight is 372 g/mol. The number of aromatic nitrogens is 3. The molecule has 3 heterocycles. The Hall–Kier alpha value is -1.63. The Bertz CT molecular complexity index is 641. The zero-order valence-corrected chi connectivity index (χ0v) is 15.2. The maximum Gasteiger partial charge on any atom is 0.254 e. The van der Waals surface area contributed by atoms with E-state index >= 15 is 0 Å². The van der Waals surface area contributed by atoms with E-state index in [0.29, 0.717) is 18.2 Å². The Morgan fingerprint density at radius 2 is 2.25 bits per heavy atom. The number of hydrogen-bond donors (Lipinski definition) is 2. The van der Waals surface area contributed by atoms with Crippen LogP contribution in [0.15, 0.2) is 30.6 Å². The van der Waals surface area contributed by atoms with E-state index in [9.17, 15) is 4.79 Å². The molecule has 2 aromatic heterocycles. The summed E-state index contributed by atoms with van der Waals surface area (Å²) < 4.78 is 1.74. The standard InChI is InChI=1S/C16H21N5O.2ClH/c1-2-14-13(16(22)19-10-12-6-5-9-17-12)11-20-21(14)15-7-3-4-8-18-15;;/h3-4,7-8,11-12,17H,2,5-6,9-10H2,1H3,(H,19,22);2*1H. The topological polar surface area (TPSA) is 71.8 Å². The second-order valence-electron chi connectivity index (χ2n) is 5.46. The van der Waals surface area contributed by atoms with Crippen LogP contribution in [0.2, 0.25) is 0 Å². The predicted octanol–water partition coefficient (Wildman–Crippen LogP) is 2.16. The highest BCUT2D eigenvalue weighted by atomic mass is 35.5. The highest BCUT2D eigenvalue weighted by Crippen LogP contribution is 2.14. The van der Waals surface area contributed by atoms with Crippen LogP contribution in [0.1, 0.15) is 35.8 Å². The van der Waals surface area contributed by atoms with Gasteiger partial charge in [0.1, 0.15) is 0 Å². The third kappa shape index (κ3) is 4.47. The van der Waals surface area contributed by atoms with Crippen LogP contribution < -0.4 is 10.6 Å². The Kier molecular flexibility index (Phi) is 8.18. The molecule has 6 nitrogen and oxygen atoms in total. The van der Waals surface area contributed by atoms with Crippen LogP contribution in [-0.2, 0) is 6.42 Å². The summed E-state index contributed by atoms with van der Waals surface area (Å²) in [7, 11) is 0. The minimum atomic E-state index is -0.0623. The fourth-order valence-corrected chi connectivity index (χ4v) is 2.82. The number of hydrogen-bond acceptors (Lipinski definition) is 4. The molecule has 1 aliphatic heterocycles. The van der Waals surface area contributed by atoms with E-state index in [4.69, 9.17) is 0 Å². The van der Waals surface area contributed by atoms with Crippen molar-refractivity contribution in [3.63, 3.8) is 0 Å². The predicted molar refractivity (Wildman–Crippen MR) is 98.6 cm³/mol. The molecule has 1 unspecified atom stereocenters. The van der Waals surface area contributed by atoms with Gasteiger partial charge in [-0.2, -0.15) is 5.10 Å². The van der Waals surface area contributed by atoms with E-state index in [2.05, 4.69) is 20.7 Å². The van der Waals surface area contributed by atoms with Crippen molar-refractivity contribution in [2.45, 2.75) is 32.2 Å². The maximum absolute atomic E-state index is 12.4. The summed E-state index contributed by atoms with van der Waals surface area (Å²) in [5.74, 6) is 0.670. The van der Waals surface area contributed by atoms with E-state index in [1.807, 2.05) is 25.1 Å². The zero-order valence-electron chi connectivity index (χ0n) is 13.6. The highest BCUT2D eigenvalue weighted by Gasteiger charge is 2.19. The summed E-state index contributed by atoms with van der Waals surface area (Å²) >= 11 is 0. The fourth-order valence-electron chi connectivity index (χ4n) is 2.82. The van der Waals surface area contributed by atoms with Gasteiger partial charge >= 0.3 is 0 Å². The molecule has 1 atom stereocenters. The number of amides is 1. The van der Waals surface area contributed by atoms with Gasteiger partial charge in [-0.3, -0.25) is 4.79 Å². The van der Waals surface area contributed by atoms with E-state index in [-0.39, 0.29) is 30.7 Å². The molecule has 8 heteroatoms. The van der Waals surface area contributed by atoms with Gasteiger partial charge in [0.05, 0.1) is 17.5 Å². The van der Waals surface area contributed by atoms with Crippen molar-refractivity contribution in [3.05, 3.63) is 41.9 Å². The molecule has 3 rings (SSSR count). The SMILES string of the molecule is CCc1c(C(=O)NCC2CCCN2)cnn1-c1ccccn1.Cl.Cl. The van der Waals surface area contributed by atoms with Crippen LogP contribution in [0, 0.1) is 0 Å². The number of nitrogens with zero attached hydrogens (tertiary/aromatic N) is 3. The molecule has 24 heavy (non-hydrogen) atoms. The number of rotatable bonds is 5. The Morgan fingerprint density at radius 3 is 2.88 bits per heavy atom. The first-order valence-corrected chi connectivity index (χ1v) is 7.79. The Morgan fingerprint density at radius 1 is 1.42 bits per heavy atom. The normalized spacial score (nSPS) is 16.1. The number of carbonyl (C=O) groups excluding carboxylic acids is 1. The van der Waals surface area contributed by atoms with Gasteiger partial charge in [0.15, 0.2) is 5.82 Å². The first kappa shape index (κ1) is 20.4. The number of carbonyl (C=O) groups is 1. The number of halogens is 2. The summed E-state index contributed by atoms with van der Waals surface area (Å²) in [6, 6.07) is 6.05. The largest absolute Gasteiger partial charge is 0.350 e. The molecule has 1 fully saturated rings. The van der Waals surface area contributed by atoms with Gasteiger partial charge in [-0.15, -0.1) is 24.8 Å². The lowest BCUT2D eigenvalue weighted by Gasteiger charge is -2.12. The summed E-state index contributed by atoms with van der Waals surface area (Å²) in [6.45, 7) is 3.72. The average Bonchev–Trinajstić information content (AvgIpc) is 3.22. The van der Waals surface area contributed by atoms with Crippen molar-refractivity contribution in [1.29, 1.82) is 0 Å². The van der Waals surface area contributed by atoms with Gasteiger partial charge in [-0.1, -0.05) is 13.0 Å². The van der Waals surface area contributed by atoms with Crippen molar-refractivity contribution in [2.24, 2.45) is 0 Å². The molecule has 0 aliphatic carbocycles. The molecular formula is C16H23Cl2N5O. The second kappa shape index (κ2) is 9.61. The molecule has 0 radical (unpaired) electrons. The van der Waals surface area contributed by atoms with Crippen LogP contribution in [0.5, 0.6) is 0 Å². The summed E-state index contributed by atoms with van der Waals surface area (Å²) in [5.41, 5.74) is 1.52. The molecule has 0 aromatic carbocycles. The van der Waals surface area contributed by atoms with Gasteiger partial charge in [0.25, 0.3) is 5.91 Å². The van der Waals surface area contributed by atoms with Crippen molar-refractivity contribution < 1.29 is 4.79 Å². The van der Waals surface area contributed by atoms with Crippen LogP contribution in [0.3, 0.4) is 0 Å². The number of pyridine rings is 1. The monoisotopic (exact) mass is 371 g/mol. The molecule has 2 aromatic rings. The molecule has 0 bridgehead atoms. The van der Waals surface area contributed by atoms with Crippen molar-refractivity contribution >= 4 is 30.7 Å². The van der Waals surface area contributed by atoms with Crippen LogP contribution in [-0.4, -0.2) is 39.8 Å². The van der Waals surface area contributed by atoms with Gasteiger partial charge in [-0.25, -0.2) is 9.67 Å². The van der Waals surface area contributed by atoms with Gasteiger partial charge in [0, 0.05) is 18.8 Å².